The van der Waals surface area contributed by atoms with Crippen molar-refractivity contribution >= 4 is 5.69 Å². The predicted octanol–water partition coefficient (Wildman–Crippen LogP) is 6.24. The minimum atomic E-state index is -4.36. The third-order valence-electron chi connectivity index (χ3n) is 4.95. The van der Waals surface area contributed by atoms with Crippen LogP contribution in [0.1, 0.15) is 22.3 Å². The lowest BCUT2D eigenvalue weighted by atomic mass is 10.1. The largest absolute Gasteiger partial charge is 0.497 e. The first-order valence-corrected chi connectivity index (χ1v) is 9.49. The molecule has 0 aliphatic rings. The standard InChI is InChI=1S/C24H24F3NO2/c1-17-14-20(8-13-23(17)24(25,26)27)28(15-18-4-9-21(29-2)10-5-18)16-19-6-11-22(30-3)12-7-19/h4-14H,15-16H2,1-3H3. The van der Waals surface area contributed by atoms with Crippen molar-refractivity contribution in [1.29, 1.82) is 0 Å². The zero-order chi connectivity index (χ0) is 21.7. The van der Waals surface area contributed by atoms with Gasteiger partial charge in [-0.3, -0.25) is 0 Å². The molecule has 0 unspecified atom stereocenters. The van der Waals surface area contributed by atoms with Crippen molar-refractivity contribution in [3.05, 3.63) is 89.0 Å². The summed E-state index contributed by atoms with van der Waals surface area (Å²) in [7, 11) is 3.21. The second kappa shape index (κ2) is 9.11. The number of nitrogens with zero attached hydrogens (tertiary/aromatic N) is 1. The first-order valence-electron chi connectivity index (χ1n) is 9.49. The fraction of sp³-hybridized carbons (Fsp3) is 0.250. The van der Waals surface area contributed by atoms with Gasteiger partial charge >= 0.3 is 6.18 Å². The number of benzene rings is 3. The molecule has 3 nitrogen and oxygen atoms in total. The van der Waals surface area contributed by atoms with Crippen LogP contribution >= 0.6 is 0 Å². The van der Waals surface area contributed by atoms with Gasteiger partial charge < -0.3 is 14.4 Å². The number of hydrogen-bond acceptors (Lipinski definition) is 3. The minimum absolute atomic E-state index is 0.203. The van der Waals surface area contributed by atoms with E-state index in [1.165, 1.54) is 13.0 Å². The highest BCUT2D eigenvalue weighted by Crippen LogP contribution is 2.34. The van der Waals surface area contributed by atoms with Gasteiger partial charge in [0.1, 0.15) is 11.5 Å². The van der Waals surface area contributed by atoms with Gasteiger partial charge in [-0.1, -0.05) is 24.3 Å². The molecule has 0 heterocycles. The Kier molecular flexibility index (Phi) is 6.55. The summed E-state index contributed by atoms with van der Waals surface area (Å²) in [6, 6.07) is 19.6. The molecular formula is C24H24F3NO2. The Morgan fingerprint density at radius 3 is 1.57 bits per heavy atom. The molecular weight excluding hydrogens is 391 g/mol. The zero-order valence-electron chi connectivity index (χ0n) is 17.2. The maximum Gasteiger partial charge on any atom is 0.416 e. The molecule has 0 spiro atoms. The molecule has 0 bridgehead atoms. The summed E-state index contributed by atoms with van der Waals surface area (Å²) in [5.74, 6) is 1.51. The van der Waals surface area contributed by atoms with E-state index in [9.17, 15) is 13.2 Å². The minimum Gasteiger partial charge on any atom is -0.497 e. The average molecular weight is 415 g/mol. The van der Waals surface area contributed by atoms with Crippen molar-refractivity contribution in [3.8, 4) is 11.5 Å². The number of hydrogen-bond donors (Lipinski definition) is 0. The van der Waals surface area contributed by atoms with Crippen molar-refractivity contribution in [1.82, 2.24) is 0 Å². The van der Waals surface area contributed by atoms with E-state index in [2.05, 4.69) is 4.90 Å². The molecule has 3 aromatic carbocycles. The van der Waals surface area contributed by atoms with Crippen molar-refractivity contribution in [2.45, 2.75) is 26.2 Å². The van der Waals surface area contributed by atoms with Crippen LogP contribution in [0.2, 0.25) is 0 Å². The van der Waals surface area contributed by atoms with Gasteiger partial charge in [-0.15, -0.1) is 0 Å². The van der Waals surface area contributed by atoms with Crippen LogP contribution in [0.15, 0.2) is 66.7 Å². The fourth-order valence-corrected chi connectivity index (χ4v) is 3.30. The highest BCUT2D eigenvalue weighted by atomic mass is 19.4. The lowest BCUT2D eigenvalue weighted by Crippen LogP contribution is -2.22. The van der Waals surface area contributed by atoms with E-state index in [1.54, 1.807) is 20.3 Å². The van der Waals surface area contributed by atoms with Crippen LogP contribution in [0.3, 0.4) is 0 Å². The molecule has 0 atom stereocenters. The summed E-state index contributed by atoms with van der Waals surface area (Å²) in [5.41, 5.74) is 2.38. The molecule has 158 valence electrons. The summed E-state index contributed by atoms with van der Waals surface area (Å²) in [5, 5.41) is 0. The number of alkyl halides is 3. The first-order chi connectivity index (χ1) is 14.3. The van der Waals surface area contributed by atoms with Crippen LogP contribution in [-0.2, 0) is 19.3 Å². The average Bonchev–Trinajstić information content (AvgIpc) is 2.73. The monoisotopic (exact) mass is 415 g/mol. The van der Waals surface area contributed by atoms with Gasteiger partial charge in [0, 0.05) is 18.8 Å². The second-order valence-corrected chi connectivity index (χ2v) is 7.05. The number of aryl methyl sites for hydroxylation is 1. The van der Waals surface area contributed by atoms with Crippen LogP contribution in [0.4, 0.5) is 18.9 Å². The summed E-state index contributed by atoms with van der Waals surface area (Å²) in [4.78, 5) is 2.05. The number of methoxy groups -OCH3 is 2. The molecule has 3 aromatic rings. The zero-order valence-corrected chi connectivity index (χ0v) is 17.2. The molecule has 6 heteroatoms. The van der Waals surface area contributed by atoms with Crippen LogP contribution in [0.25, 0.3) is 0 Å². The van der Waals surface area contributed by atoms with Crippen LogP contribution < -0.4 is 14.4 Å². The van der Waals surface area contributed by atoms with Crippen LogP contribution in [-0.4, -0.2) is 14.2 Å². The van der Waals surface area contributed by atoms with Gasteiger partial charge in [0.2, 0.25) is 0 Å². The van der Waals surface area contributed by atoms with Gasteiger partial charge in [-0.25, -0.2) is 0 Å². The summed E-state index contributed by atoms with van der Waals surface area (Å²) in [6.45, 7) is 2.58. The van der Waals surface area contributed by atoms with Gasteiger partial charge in [0.15, 0.2) is 0 Å². The molecule has 0 radical (unpaired) electrons. The Hall–Kier alpha value is -3.15. The van der Waals surface area contributed by atoms with E-state index in [0.717, 1.165) is 34.4 Å². The third kappa shape index (κ3) is 5.26. The van der Waals surface area contributed by atoms with E-state index < -0.39 is 11.7 Å². The predicted molar refractivity (Wildman–Crippen MR) is 112 cm³/mol. The Morgan fingerprint density at radius 1 is 0.733 bits per heavy atom. The van der Waals surface area contributed by atoms with E-state index in [0.29, 0.717) is 13.1 Å². The third-order valence-corrected chi connectivity index (χ3v) is 4.95. The molecule has 0 aliphatic carbocycles. The second-order valence-electron chi connectivity index (χ2n) is 7.05. The quantitative estimate of drug-likeness (QED) is 0.456. The van der Waals surface area contributed by atoms with E-state index in [-0.39, 0.29) is 5.56 Å². The number of ether oxygens (including phenoxy) is 2. The van der Waals surface area contributed by atoms with Gasteiger partial charge in [-0.2, -0.15) is 13.2 Å². The van der Waals surface area contributed by atoms with Crippen LogP contribution in [0.5, 0.6) is 11.5 Å². The Bertz CT molecular complexity index is 918. The van der Waals surface area contributed by atoms with Gasteiger partial charge in [0.05, 0.1) is 19.8 Å². The SMILES string of the molecule is COc1ccc(CN(Cc2ccc(OC)cc2)c2ccc(C(F)(F)F)c(C)c2)cc1. The molecule has 0 N–H and O–H groups in total. The fourth-order valence-electron chi connectivity index (χ4n) is 3.30. The van der Waals surface area contributed by atoms with Gasteiger partial charge in [0.25, 0.3) is 0 Å². The lowest BCUT2D eigenvalue weighted by Gasteiger charge is -2.26. The molecule has 0 amide bonds. The molecule has 0 saturated carbocycles. The molecule has 0 aromatic heterocycles. The van der Waals surface area contributed by atoms with Crippen molar-refractivity contribution in [2.24, 2.45) is 0 Å². The lowest BCUT2D eigenvalue weighted by molar-refractivity contribution is -0.138. The maximum atomic E-state index is 13.2. The summed E-state index contributed by atoms with van der Waals surface area (Å²) < 4.78 is 50.0. The molecule has 30 heavy (non-hydrogen) atoms. The number of rotatable bonds is 7. The topological polar surface area (TPSA) is 21.7 Å². The molecule has 0 fully saturated rings. The van der Waals surface area contributed by atoms with E-state index in [1.807, 2.05) is 48.5 Å². The molecule has 3 rings (SSSR count). The van der Waals surface area contributed by atoms with E-state index in [4.69, 9.17) is 9.47 Å². The number of halogens is 3. The molecule has 0 saturated heterocycles. The Morgan fingerprint density at radius 2 is 1.20 bits per heavy atom. The van der Waals surface area contributed by atoms with Crippen molar-refractivity contribution in [2.75, 3.05) is 19.1 Å². The smallest absolute Gasteiger partial charge is 0.416 e. The van der Waals surface area contributed by atoms with Gasteiger partial charge in [-0.05, 0) is 66.1 Å². The van der Waals surface area contributed by atoms with Crippen molar-refractivity contribution < 1.29 is 22.6 Å². The highest BCUT2D eigenvalue weighted by molar-refractivity contribution is 5.52. The maximum absolute atomic E-state index is 13.2. The van der Waals surface area contributed by atoms with Crippen LogP contribution in [0, 0.1) is 6.92 Å². The first kappa shape index (κ1) is 21.6. The number of anilines is 1. The highest BCUT2D eigenvalue weighted by Gasteiger charge is 2.32. The van der Waals surface area contributed by atoms with E-state index >= 15 is 0 Å². The Labute approximate surface area is 174 Å². The summed E-state index contributed by atoms with van der Waals surface area (Å²) >= 11 is 0. The summed E-state index contributed by atoms with van der Waals surface area (Å²) in [6.07, 6.45) is -4.36. The normalized spacial score (nSPS) is 11.3. The molecule has 0 aliphatic heterocycles. The van der Waals surface area contributed by atoms with Crippen molar-refractivity contribution in [3.63, 3.8) is 0 Å². The Balaban J connectivity index is 1.92.